The molecule has 3 aromatic rings. The molecule has 5 nitrogen and oxygen atoms in total. The lowest BCUT2D eigenvalue weighted by Gasteiger charge is -2.03. The number of rotatable bonds is 2. The van der Waals surface area contributed by atoms with Crippen molar-refractivity contribution in [3.63, 3.8) is 0 Å². The van der Waals surface area contributed by atoms with E-state index in [-0.39, 0.29) is 5.75 Å². The van der Waals surface area contributed by atoms with E-state index in [0.29, 0.717) is 27.4 Å². The van der Waals surface area contributed by atoms with E-state index in [1.807, 2.05) is 0 Å². The van der Waals surface area contributed by atoms with Crippen molar-refractivity contribution in [2.24, 2.45) is 5.73 Å². The lowest BCUT2D eigenvalue weighted by Crippen LogP contribution is -2.10. The zero-order valence-electron chi connectivity index (χ0n) is 12.4. The number of H-pyrrole nitrogens is 1. The van der Waals surface area contributed by atoms with Gasteiger partial charge in [0.05, 0.1) is 17.5 Å². The molecule has 6 heteroatoms. The molecule has 0 saturated carbocycles. The van der Waals surface area contributed by atoms with Gasteiger partial charge in [-0.05, 0) is 42.5 Å². The highest BCUT2D eigenvalue weighted by Gasteiger charge is 2.11. The molecule has 0 aliphatic heterocycles. The maximum atomic E-state index is 11.1. The van der Waals surface area contributed by atoms with Crippen LogP contribution >= 0.6 is 11.6 Å². The van der Waals surface area contributed by atoms with Crippen molar-refractivity contribution in [2.75, 3.05) is 0 Å². The second-order valence-electron chi connectivity index (χ2n) is 5.01. The highest BCUT2D eigenvalue weighted by molar-refractivity contribution is 6.31. The van der Waals surface area contributed by atoms with Crippen molar-refractivity contribution < 1.29 is 9.90 Å². The smallest absolute Gasteiger partial charge is 0.248 e. The van der Waals surface area contributed by atoms with Crippen LogP contribution in [-0.2, 0) is 0 Å². The second kappa shape index (κ2) is 6.49. The summed E-state index contributed by atoms with van der Waals surface area (Å²) in [5.41, 5.74) is 8.07. The van der Waals surface area contributed by atoms with Crippen molar-refractivity contribution in [3.8, 4) is 28.8 Å². The van der Waals surface area contributed by atoms with E-state index in [1.165, 1.54) is 6.07 Å². The minimum absolute atomic E-state index is 0.0810. The molecule has 0 aliphatic rings. The highest BCUT2D eigenvalue weighted by Crippen LogP contribution is 2.32. The lowest BCUT2D eigenvalue weighted by molar-refractivity contribution is 0.100. The molecule has 0 bridgehead atoms. The number of hydrogen-bond acceptors (Lipinski definition) is 3. The fourth-order valence-electron chi connectivity index (χ4n) is 2.15. The summed E-state index contributed by atoms with van der Waals surface area (Å²) in [6.45, 7) is 0. The van der Waals surface area contributed by atoms with E-state index in [1.54, 1.807) is 42.6 Å². The zero-order valence-corrected chi connectivity index (χ0v) is 13.1. The fraction of sp³-hybridized carbons (Fsp3) is 0. The van der Waals surface area contributed by atoms with Gasteiger partial charge in [0.2, 0.25) is 5.91 Å². The van der Waals surface area contributed by atoms with Gasteiger partial charge in [-0.2, -0.15) is 5.10 Å². The predicted octanol–water partition coefficient (Wildman–Crippen LogP) is 2.93. The Balaban J connectivity index is 1.95. The van der Waals surface area contributed by atoms with Crippen LogP contribution in [0.1, 0.15) is 21.5 Å². The summed E-state index contributed by atoms with van der Waals surface area (Å²) < 4.78 is 0. The van der Waals surface area contributed by atoms with E-state index in [9.17, 15) is 9.90 Å². The van der Waals surface area contributed by atoms with Crippen molar-refractivity contribution in [3.05, 3.63) is 70.4 Å². The van der Waals surface area contributed by atoms with Gasteiger partial charge in [-0.25, -0.2) is 0 Å². The quantitative estimate of drug-likeness (QED) is 0.628. The zero-order chi connectivity index (χ0) is 17.1. The Morgan fingerprint density at radius 1 is 1.17 bits per heavy atom. The Kier molecular flexibility index (Phi) is 4.23. The first-order valence-electron chi connectivity index (χ1n) is 6.99. The number of nitrogens with two attached hydrogens (primary N) is 1. The summed E-state index contributed by atoms with van der Waals surface area (Å²) in [6, 6.07) is 11.4. The third-order valence-corrected chi connectivity index (χ3v) is 3.61. The van der Waals surface area contributed by atoms with Crippen LogP contribution in [0.25, 0.3) is 11.3 Å². The lowest BCUT2D eigenvalue weighted by atomic mass is 10.1. The maximum Gasteiger partial charge on any atom is 0.248 e. The van der Waals surface area contributed by atoms with Gasteiger partial charge < -0.3 is 10.8 Å². The molecule has 0 unspecified atom stereocenters. The van der Waals surface area contributed by atoms with Gasteiger partial charge in [0, 0.05) is 21.7 Å². The van der Waals surface area contributed by atoms with Crippen LogP contribution in [0, 0.1) is 11.8 Å². The molecular weight excluding hydrogens is 326 g/mol. The number of nitrogens with zero attached hydrogens (tertiary/aromatic N) is 1. The van der Waals surface area contributed by atoms with Crippen LogP contribution in [0.3, 0.4) is 0 Å². The first kappa shape index (κ1) is 15.7. The molecular formula is C18H12ClN3O2. The van der Waals surface area contributed by atoms with E-state index < -0.39 is 5.91 Å². The number of phenolic OH excluding ortho intramolecular Hbond substituents is 1. The number of hydrogen-bond donors (Lipinski definition) is 3. The number of nitrogens with one attached hydrogen (secondary N) is 1. The third-order valence-electron chi connectivity index (χ3n) is 3.38. The van der Waals surface area contributed by atoms with Gasteiger partial charge in [-0.3, -0.25) is 9.89 Å². The highest BCUT2D eigenvalue weighted by atomic mass is 35.5. The number of phenols is 1. The molecule has 2 aromatic carbocycles. The molecule has 0 aliphatic carbocycles. The first-order valence-corrected chi connectivity index (χ1v) is 7.36. The minimum atomic E-state index is -0.483. The van der Waals surface area contributed by atoms with Gasteiger partial charge in [-0.1, -0.05) is 23.4 Å². The number of aromatic amines is 1. The Hall–Kier alpha value is -3.23. The second-order valence-corrected chi connectivity index (χ2v) is 5.45. The van der Waals surface area contributed by atoms with Crippen molar-refractivity contribution >= 4 is 17.5 Å². The standard InChI is InChI=1S/C18H12ClN3O2/c19-14-7-8-16(23)15(9-14)17-13(10-21-22-17)6-3-11-1-4-12(5-2-11)18(20)24/h1-2,4-5,7-10,23H,(H2,20,24)(H,21,22). The van der Waals surface area contributed by atoms with E-state index >= 15 is 0 Å². The number of carbonyl (C=O) groups excluding carboxylic acids is 1. The Morgan fingerprint density at radius 2 is 1.92 bits per heavy atom. The average Bonchev–Trinajstić information content (AvgIpc) is 3.04. The average molecular weight is 338 g/mol. The van der Waals surface area contributed by atoms with Gasteiger partial charge in [-0.15, -0.1) is 0 Å². The number of primary amides is 1. The minimum Gasteiger partial charge on any atom is -0.507 e. The molecule has 0 saturated heterocycles. The molecule has 1 aromatic heterocycles. The van der Waals surface area contributed by atoms with Crippen LogP contribution in [-0.4, -0.2) is 21.2 Å². The van der Waals surface area contributed by atoms with Crippen LogP contribution in [0.2, 0.25) is 5.02 Å². The molecule has 0 atom stereocenters. The molecule has 0 radical (unpaired) electrons. The van der Waals surface area contributed by atoms with Crippen molar-refractivity contribution in [1.82, 2.24) is 10.2 Å². The Labute approximate surface area is 143 Å². The van der Waals surface area contributed by atoms with Crippen LogP contribution in [0.5, 0.6) is 5.75 Å². The van der Waals surface area contributed by atoms with Gasteiger partial charge >= 0.3 is 0 Å². The largest absolute Gasteiger partial charge is 0.507 e. The van der Waals surface area contributed by atoms with Crippen LogP contribution in [0.4, 0.5) is 0 Å². The number of benzene rings is 2. The third kappa shape index (κ3) is 3.24. The SMILES string of the molecule is NC(=O)c1ccc(C#Cc2cn[nH]c2-c2cc(Cl)ccc2O)cc1. The molecule has 0 spiro atoms. The summed E-state index contributed by atoms with van der Waals surface area (Å²) in [6.07, 6.45) is 1.57. The van der Waals surface area contributed by atoms with Gasteiger partial charge in [0.15, 0.2) is 0 Å². The summed E-state index contributed by atoms with van der Waals surface area (Å²) in [7, 11) is 0. The number of aromatic nitrogens is 2. The van der Waals surface area contributed by atoms with Crippen molar-refractivity contribution in [2.45, 2.75) is 0 Å². The fourth-order valence-corrected chi connectivity index (χ4v) is 2.32. The molecule has 1 heterocycles. The molecule has 4 N–H and O–H groups in total. The Bertz CT molecular complexity index is 966. The predicted molar refractivity (Wildman–Crippen MR) is 91.6 cm³/mol. The molecule has 118 valence electrons. The Morgan fingerprint density at radius 3 is 2.62 bits per heavy atom. The molecule has 24 heavy (non-hydrogen) atoms. The summed E-state index contributed by atoms with van der Waals surface area (Å²) >= 11 is 5.98. The normalized spacial score (nSPS) is 10.0. The van der Waals surface area contributed by atoms with E-state index in [4.69, 9.17) is 17.3 Å². The van der Waals surface area contributed by atoms with E-state index in [2.05, 4.69) is 22.0 Å². The molecule has 1 amide bonds. The summed E-state index contributed by atoms with van der Waals surface area (Å²) in [4.78, 5) is 11.1. The molecule has 0 fully saturated rings. The number of carbonyl (C=O) groups is 1. The number of aromatic hydroxyl groups is 1. The van der Waals surface area contributed by atoms with Gasteiger partial charge in [0.25, 0.3) is 0 Å². The molecule has 3 rings (SSSR count). The van der Waals surface area contributed by atoms with Crippen LogP contribution in [0.15, 0.2) is 48.7 Å². The number of halogens is 1. The monoisotopic (exact) mass is 337 g/mol. The van der Waals surface area contributed by atoms with Crippen LogP contribution < -0.4 is 5.73 Å². The van der Waals surface area contributed by atoms with E-state index in [0.717, 1.165) is 5.56 Å². The number of amides is 1. The van der Waals surface area contributed by atoms with Gasteiger partial charge in [0.1, 0.15) is 5.75 Å². The topological polar surface area (TPSA) is 92.0 Å². The summed E-state index contributed by atoms with van der Waals surface area (Å²) in [5, 5.41) is 17.3. The van der Waals surface area contributed by atoms with Crippen molar-refractivity contribution in [1.29, 1.82) is 0 Å². The maximum absolute atomic E-state index is 11.1. The first-order chi connectivity index (χ1) is 11.5. The summed E-state index contributed by atoms with van der Waals surface area (Å²) in [5.74, 6) is 5.57.